The number of nitrogens with zero attached hydrogens (tertiary/aromatic N) is 1. The summed E-state index contributed by atoms with van der Waals surface area (Å²) in [6.45, 7) is 2.27. The summed E-state index contributed by atoms with van der Waals surface area (Å²) in [7, 11) is -2.17. The van der Waals surface area contributed by atoms with Crippen LogP contribution in [0.3, 0.4) is 0 Å². The van der Waals surface area contributed by atoms with Crippen molar-refractivity contribution < 1.29 is 22.3 Å². The normalized spacial score (nSPS) is 17.9. The molecule has 0 radical (unpaired) electrons. The number of ether oxygens (including phenoxy) is 1. The molecule has 1 saturated heterocycles. The molecule has 1 N–H and O–H groups in total. The number of carbonyl (C=O) groups is 1. The van der Waals surface area contributed by atoms with Gasteiger partial charge in [0, 0.05) is 18.8 Å². The Hall–Kier alpha value is -2.45. The molecule has 0 saturated carbocycles. The third-order valence-electron chi connectivity index (χ3n) is 4.87. The fourth-order valence-electron chi connectivity index (χ4n) is 3.31. The molecule has 0 aliphatic carbocycles. The maximum Gasteiger partial charge on any atom is 0.243 e. The smallest absolute Gasteiger partial charge is 0.243 e. The van der Waals surface area contributed by atoms with E-state index in [-0.39, 0.29) is 23.2 Å². The van der Waals surface area contributed by atoms with Crippen LogP contribution in [0.4, 0.5) is 10.1 Å². The highest BCUT2D eigenvalue weighted by Crippen LogP contribution is 2.27. The van der Waals surface area contributed by atoms with Crippen molar-refractivity contribution in [2.75, 3.05) is 25.5 Å². The molecule has 1 amide bonds. The van der Waals surface area contributed by atoms with E-state index in [1.54, 1.807) is 19.1 Å². The number of aryl methyl sites for hydroxylation is 1. The number of carbonyl (C=O) groups excluding carboxylic acids is 1. The van der Waals surface area contributed by atoms with Crippen LogP contribution in [-0.2, 0) is 14.8 Å². The van der Waals surface area contributed by atoms with Crippen LogP contribution in [0.5, 0.6) is 5.75 Å². The average Bonchev–Trinajstić information content (AvgIpc) is 2.69. The molecule has 0 bridgehead atoms. The van der Waals surface area contributed by atoms with E-state index >= 15 is 0 Å². The molecule has 1 atom stereocenters. The van der Waals surface area contributed by atoms with Crippen LogP contribution >= 0.6 is 0 Å². The molecule has 28 heavy (non-hydrogen) atoms. The van der Waals surface area contributed by atoms with Gasteiger partial charge in [0.15, 0.2) is 0 Å². The zero-order valence-corrected chi connectivity index (χ0v) is 16.6. The Morgan fingerprint density at radius 3 is 2.57 bits per heavy atom. The maximum absolute atomic E-state index is 13.0. The Bertz CT molecular complexity index is 961. The molecule has 2 aromatic carbocycles. The largest absolute Gasteiger partial charge is 0.496 e. The van der Waals surface area contributed by atoms with Crippen molar-refractivity contribution in [3.8, 4) is 5.75 Å². The number of hydrogen-bond acceptors (Lipinski definition) is 4. The van der Waals surface area contributed by atoms with Crippen LogP contribution < -0.4 is 10.1 Å². The van der Waals surface area contributed by atoms with Crippen molar-refractivity contribution >= 4 is 21.6 Å². The fraction of sp³-hybridized carbons (Fsp3) is 0.350. The van der Waals surface area contributed by atoms with E-state index in [0.29, 0.717) is 30.8 Å². The first-order valence-corrected chi connectivity index (χ1v) is 10.5. The lowest BCUT2D eigenvalue weighted by atomic mass is 9.99. The molecule has 1 fully saturated rings. The monoisotopic (exact) mass is 406 g/mol. The van der Waals surface area contributed by atoms with Gasteiger partial charge in [-0.25, -0.2) is 12.8 Å². The van der Waals surface area contributed by atoms with E-state index in [1.165, 1.54) is 41.7 Å². The number of benzene rings is 2. The molecule has 1 aliphatic rings. The van der Waals surface area contributed by atoms with Crippen molar-refractivity contribution in [3.05, 3.63) is 53.8 Å². The van der Waals surface area contributed by atoms with E-state index in [0.717, 1.165) is 5.56 Å². The van der Waals surface area contributed by atoms with Crippen molar-refractivity contribution in [3.63, 3.8) is 0 Å². The van der Waals surface area contributed by atoms with E-state index in [1.807, 2.05) is 0 Å². The Morgan fingerprint density at radius 2 is 1.93 bits per heavy atom. The lowest BCUT2D eigenvalue weighted by molar-refractivity contribution is -0.120. The second-order valence-corrected chi connectivity index (χ2v) is 8.77. The second-order valence-electron chi connectivity index (χ2n) is 6.83. The summed E-state index contributed by atoms with van der Waals surface area (Å²) in [5.41, 5.74) is 1.21. The predicted octanol–water partition coefficient (Wildman–Crippen LogP) is 3.18. The molecule has 150 valence electrons. The number of hydrogen-bond donors (Lipinski definition) is 1. The van der Waals surface area contributed by atoms with Crippen LogP contribution in [-0.4, -0.2) is 38.8 Å². The Balaban J connectivity index is 1.73. The zero-order valence-electron chi connectivity index (χ0n) is 15.8. The fourth-order valence-corrected chi connectivity index (χ4v) is 4.92. The number of halogens is 1. The standard InChI is InChI=1S/C20H23FN2O4S/c1-14-12-18(9-10-19(14)27-2)28(25,26)23-11-3-4-15(13-23)20(24)22-17-7-5-16(21)6-8-17/h5-10,12,15H,3-4,11,13H2,1-2H3,(H,22,24). The molecular weight excluding hydrogens is 383 g/mol. The van der Waals surface area contributed by atoms with Gasteiger partial charge in [-0.2, -0.15) is 4.31 Å². The van der Waals surface area contributed by atoms with Gasteiger partial charge in [0.25, 0.3) is 0 Å². The van der Waals surface area contributed by atoms with Crippen molar-refractivity contribution in [2.45, 2.75) is 24.7 Å². The van der Waals surface area contributed by atoms with Crippen LogP contribution in [0.1, 0.15) is 18.4 Å². The maximum atomic E-state index is 13.0. The molecule has 0 aromatic heterocycles. The Kier molecular flexibility index (Phi) is 6.00. The number of rotatable bonds is 5. The van der Waals surface area contributed by atoms with Crippen LogP contribution in [0.15, 0.2) is 47.4 Å². The van der Waals surface area contributed by atoms with Gasteiger partial charge in [0.2, 0.25) is 15.9 Å². The SMILES string of the molecule is COc1ccc(S(=O)(=O)N2CCCC(C(=O)Nc3ccc(F)cc3)C2)cc1C. The third kappa shape index (κ3) is 4.34. The number of sulfonamides is 1. The van der Waals surface area contributed by atoms with Gasteiger partial charge >= 0.3 is 0 Å². The zero-order chi connectivity index (χ0) is 20.3. The topological polar surface area (TPSA) is 75.7 Å². The summed E-state index contributed by atoms with van der Waals surface area (Å²) in [6.07, 6.45) is 1.19. The highest BCUT2D eigenvalue weighted by atomic mass is 32.2. The molecule has 1 unspecified atom stereocenters. The minimum absolute atomic E-state index is 0.112. The molecule has 3 rings (SSSR count). The quantitative estimate of drug-likeness (QED) is 0.828. The number of nitrogens with one attached hydrogen (secondary N) is 1. The molecule has 6 nitrogen and oxygen atoms in total. The van der Waals surface area contributed by atoms with Crippen molar-refractivity contribution in [1.29, 1.82) is 0 Å². The van der Waals surface area contributed by atoms with E-state index in [2.05, 4.69) is 5.32 Å². The summed E-state index contributed by atoms with van der Waals surface area (Å²) >= 11 is 0. The van der Waals surface area contributed by atoms with Gasteiger partial charge in [-0.05, 0) is 67.8 Å². The van der Waals surface area contributed by atoms with Gasteiger partial charge < -0.3 is 10.1 Å². The van der Waals surface area contributed by atoms with E-state index in [9.17, 15) is 17.6 Å². The van der Waals surface area contributed by atoms with Gasteiger partial charge in [-0.15, -0.1) is 0 Å². The lowest BCUT2D eigenvalue weighted by Gasteiger charge is -2.31. The first kappa shape index (κ1) is 20.3. The van der Waals surface area contributed by atoms with E-state index in [4.69, 9.17) is 4.74 Å². The van der Waals surface area contributed by atoms with Gasteiger partial charge in [-0.3, -0.25) is 4.79 Å². The molecular formula is C20H23FN2O4S. The molecule has 8 heteroatoms. The molecule has 2 aromatic rings. The highest BCUT2D eigenvalue weighted by Gasteiger charge is 2.33. The predicted molar refractivity (Wildman–Crippen MR) is 104 cm³/mol. The summed E-state index contributed by atoms with van der Waals surface area (Å²) < 4.78 is 45.6. The Morgan fingerprint density at radius 1 is 1.21 bits per heavy atom. The Labute approximate surface area is 164 Å². The van der Waals surface area contributed by atoms with Crippen molar-refractivity contribution in [1.82, 2.24) is 4.31 Å². The molecule has 1 aliphatic heterocycles. The number of piperidine rings is 1. The third-order valence-corrected chi connectivity index (χ3v) is 6.73. The summed E-state index contributed by atoms with van der Waals surface area (Å²) in [5.74, 6) is -0.498. The summed E-state index contributed by atoms with van der Waals surface area (Å²) in [5, 5.41) is 2.73. The second kappa shape index (κ2) is 8.28. The number of amides is 1. The summed E-state index contributed by atoms with van der Waals surface area (Å²) in [6, 6.07) is 10.2. The van der Waals surface area contributed by atoms with E-state index < -0.39 is 15.9 Å². The van der Waals surface area contributed by atoms with Gasteiger partial charge in [0.1, 0.15) is 11.6 Å². The van der Waals surface area contributed by atoms with Crippen LogP contribution in [0.25, 0.3) is 0 Å². The van der Waals surface area contributed by atoms with Crippen LogP contribution in [0.2, 0.25) is 0 Å². The highest BCUT2D eigenvalue weighted by molar-refractivity contribution is 7.89. The number of anilines is 1. The first-order chi connectivity index (χ1) is 13.3. The lowest BCUT2D eigenvalue weighted by Crippen LogP contribution is -2.43. The minimum atomic E-state index is -3.71. The van der Waals surface area contributed by atoms with Gasteiger partial charge in [0.05, 0.1) is 17.9 Å². The first-order valence-electron chi connectivity index (χ1n) is 9.02. The molecule has 1 heterocycles. The van der Waals surface area contributed by atoms with Crippen LogP contribution in [0, 0.1) is 18.7 Å². The number of methoxy groups -OCH3 is 1. The summed E-state index contributed by atoms with van der Waals surface area (Å²) in [4.78, 5) is 12.7. The minimum Gasteiger partial charge on any atom is -0.496 e. The van der Waals surface area contributed by atoms with Crippen molar-refractivity contribution in [2.24, 2.45) is 5.92 Å². The molecule has 0 spiro atoms. The average molecular weight is 406 g/mol. The van der Waals surface area contributed by atoms with Gasteiger partial charge in [-0.1, -0.05) is 0 Å².